The van der Waals surface area contributed by atoms with E-state index in [-0.39, 0.29) is 18.0 Å². The molecule has 1 aliphatic rings. The van der Waals surface area contributed by atoms with Crippen molar-refractivity contribution in [3.05, 3.63) is 74.9 Å². The molecule has 29 heavy (non-hydrogen) atoms. The van der Waals surface area contributed by atoms with Gasteiger partial charge in [0.25, 0.3) is 0 Å². The molecule has 4 nitrogen and oxygen atoms in total. The molecule has 0 aliphatic heterocycles. The van der Waals surface area contributed by atoms with Gasteiger partial charge in [0.2, 0.25) is 0 Å². The van der Waals surface area contributed by atoms with E-state index < -0.39 is 17.4 Å². The van der Waals surface area contributed by atoms with Gasteiger partial charge in [0.15, 0.2) is 5.78 Å². The van der Waals surface area contributed by atoms with Gasteiger partial charge in [-0.15, -0.1) is 0 Å². The maximum atomic E-state index is 12.8. The van der Waals surface area contributed by atoms with Crippen molar-refractivity contribution in [1.29, 1.82) is 0 Å². The Kier molecular flexibility index (Phi) is 6.32. The molecular weight excluding hydrogens is 454 g/mol. The lowest BCUT2D eigenvalue weighted by Crippen LogP contribution is -2.48. The summed E-state index contributed by atoms with van der Waals surface area (Å²) in [6, 6.07) is 14.7. The first-order valence-electron chi connectivity index (χ1n) is 9.35. The van der Waals surface area contributed by atoms with Crippen LogP contribution in [0.2, 0.25) is 5.02 Å². The second-order valence-electron chi connectivity index (χ2n) is 7.73. The summed E-state index contributed by atoms with van der Waals surface area (Å²) in [7, 11) is 0. The summed E-state index contributed by atoms with van der Waals surface area (Å²) >= 11 is 9.45. The smallest absolute Gasteiger partial charge is 0.158 e. The molecule has 0 radical (unpaired) electrons. The summed E-state index contributed by atoms with van der Waals surface area (Å²) < 4.78 is 0.940. The first-order chi connectivity index (χ1) is 13.6. The van der Waals surface area contributed by atoms with Crippen molar-refractivity contribution in [3.63, 3.8) is 0 Å². The van der Waals surface area contributed by atoms with Gasteiger partial charge in [-0.3, -0.25) is 9.59 Å². The fraction of sp³-hybridized carbons (Fsp3) is 0.304. The number of carbonyl (C=O) groups is 2. The van der Waals surface area contributed by atoms with Crippen LogP contribution in [-0.2, 0) is 9.59 Å². The lowest BCUT2D eigenvalue weighted by molar-refractivity contribution is -0.131. The number of allylic oxidation sites excluding steroid dienone is 1. The molecule has 2 aromatic carbocycles. The minimum Gasteiger partial charge on any atom is -0.389 e. The van der Waals surface area contributed by atoms with E-state index in [1.54, 1.807) is 19.1 Å². The largest absolute Gasteiger partial charge is 0.389 e. The number of benzene rings is 2. The van der Waals surface area contributed by atoms with Gasteiger partial charge in [-0.2, -0.15) is 0 Å². The number of halogens is 2. The first kappa shape index (κ1) is 21.8. The highest BCUT2D eigenvalue weighted by molar-refractivity contribution is 9.10. The van der Waals surface area contributed by atoms with Crippen molar-refractivity contribution in [2.24, 2.45) is 5.92 Å². The van der Waals surface area contributed by atoms with Crippen LogP contribution in [0, 0.1) is 5.92 Å². The van der Waals surface area contributed by atoms with E-state index in [1.165, 1.54) is 13.8 Å². The maximum absolute atomic E-state index is 12.8. The van der Waals surface area contributed by atoms with E-state index in [0.717, 1.165) is 15.7 Å². The lowest BCUT2D eigenvalue weighted by Gasteiger charge is -2.43. The Labute approximate surface area is 184 Å². The molecular formula is C23H23BrClNO3. The topological polar surface area (TPSA) is 66.4 Å². The second-order valence-corrected chi connectivity index (χ2v) is 9.08. The van der Waals surface area contributed by atoms with Gasteiger partial charge in [-0.25, -0.2) is 0 Å². The number of Topliss-reactive ketones (excluding diaryl/α,β-unsaturated/α-hetero) is 2. The highest BCUT2D eigenvalue weighted by Gasteiger charge is 2.49. The van der Waals surface area contributed by atoms with Crippen molar-refractivity contribution in [2.75, 3.05) is 5.32 Å². The molecule has 0 fully saturated rings. The molecule has 0 heterocycles. The molecule has 0 bridgehead atoms. The fourth-order valence-corrected chi connectivity index (χ4v) is 4.62. The van der Waals surface area contributed by atoms with Crippen LogP contribution in [0.3, 0.4) is 0 Å². The van der Waals surface area contributed by atoms with Gasteiger partial charge < -0.3 is 10.4 Å². The third kappa shape index (κ3) is 4.63. The van der Waals surface area contributed by atoms with Crippen LogP contribution in [-0.4, -0.2) is 22.3 Å². The van der Waals surface area contributed by atoms with Crippen LogP contribution in [0.15, 0.2) is 64.3 Å². The Morgan fingerprint density at radius 1 is 1.10 bits per heavy atom. The van der Waals surface area contributed by atoms with Gasteiger partial charge in [0.05, 0.1) is 11.5 Å². The van der Waals surface area contributed by atoms with Crippen LogP contribution >= 0.6 is 27.5 Å². The van der Waals surface area contributed by atoms with E-state index in [2.05, 4.69) is 21.2 Å². The average Bonchev–Trinajstić information content (AvgIpc) is 2.62. The Hall–Kier alpha value is -1.95. The number of aliphatic hydroxyl groups is 1. The van der Waals surface area contributed by atoms with Gasteiger partial charge in [-0.05, 0) is 62.7 Å². The zero-order chi connectivity index (χ0) is 21.3. The molecule has 0 saturated carbocycles. The van der Waals surface area contributed by atoms with Gasteiger partial charge in [0.1, 0.15) is 5.78 Å². The Balaban J connectivity index is 2.19. The Bertz CT molecular complexity index is 965. The lowest BCUT2D eigenvalue weighted by atomic mass is 9.64. The third-order valence-electron chi connectivity index (χ3n) is 5.36. The van der Waals surface area contributed by atoms with Crippen molar-refractivity contribution in [1.82, 2.24) is 0 Å². The summed E-state index contributed by atoms with van der Waals surface area (Å²) in [4.78, 5) is 25.3. The summed E-state index contributed by atoms with van der Waals surface area (Å²) in [5, 5.41) is 15.1. The second kappa shape index (κ2) is 8.42. The number of anilines is 1. The highest BCUT2D eigenvalue weighted by atomic mass is 79.9. The average molecular weight is 477 g/mol. The van der Waals surface area contributed by atoms with E-state index in [1.807, 2.05) is 36.4 Å². The molecule has 3 atom stereocenters. The van der Waals surface area contributed by atoms with E-state index in [9.17, 15) is 14.7 Å². The quantitative estimate of drug-likeness (QED) is 0.598. The maximum Gasteiger partial charge on any atom is 0.158 e. The van der Waals surface area contributed by atoms with Crippen LogP contribution < -0.4 is 5.32 Å². The Morgan fingerprint density at radius 2 is 1.69 bits per heavy atom. The molecule has 0 amide bonds. The van der Waals surface area contributed by atoms with Crippen molar-refractivity contribution < 1.29 is 14.7 Å². The number of rotatable bonds is 5. The fourth-order valence-electron chi connectivity index (χ4n) is 4.23. The predicted octanol–water partition coefficient (Wildman–Crippen LogP) is 5.50. The number of hydrogen-bond donors (Lipinski definition) is 2. The number of carbonyl (C=O) groups excluding carboxylic acids is 2. The molecule has 152 valence electrons. The predicted molar refractivity (Wildman–Crippen MR) is 119 cm³/mol. The molecule has 6 heteroatoms. The van der Waals surface area contributed by atoms with Crippen LogP contribution in [0.25, 0.3) is 0 Å². The molecule has 1 aliphatic carbocycles. The SMILES string of the molecule is CC(=O)C1=C(Nc2ccc(Br)cc2)C[C@](C)(O)[C@H](C(C)=O)[C@H]1c1ccc(Cl)cc1. The van der Waals surface area contributed by atoms with Gasteiger partial charge in [0, 0.05) is 38.8 Å². The summed E-state index contributed by atoms with van der Waals surface area (Å²) in [5.74, 6) is -1.59. The normalized spacial score (nSPS) is 24.3. The molecule has 2 aromatic rings. The summed E-state index contributed by atoms with van der Waals surface area (Å²) in [5.41, 5.74) is 1.40. The first-order valence-corrected chi connectivity index (χ1v) is 10.5. The molecule has 2 N–H and O–H groups in total. The van der Waals surface area contributed by atoms with Crippen LogP contribution in [0.4, 0.5) is 5.69 Å². The summed E-state index contributed by atoms with van der Waals surface area (Å²) in [6.45, 7) is 4.62. The zero-order valence-electron chi connectivity index (χ0n) is 16.5. The van der Waals surface area contributed by atoms with E-state index in [0.29, 0.717) is 16.3 Å². The minimum absolute atomic E-state index is 0.133. The highest BCUT2D eigenvalue weighted by Crippen LogP contribution is 2.47. The standard InChI is InChI=1S/C23H23BrClNO3/c1-13(27)20-19(26-18-10-6-16(24)7-11-18)12-23(3,29)22(14(2)28)21(20)15-4-8-17(25)9-5-15/h4-11,21-22,26,29H,12H2,1-3H3/t21-,22+,23-/m0/s1. The van der Waals surface area contributed by atoms with Crippen molar-refractivity contribution in [2.45, 2.75) is 38.7 Å². The minimum atomic E-state index is -1.31. The van der Waals surface area contributed by atoms with Gasteiger partial charge >= 0.3 is 0 Å². The van der Waals surface area contributed by atoms with E-state index >= 15 is 0 Å². The molecule has 0 spiro atoms. The van der Waals surface area contributed by atoms with Crippen LogP contribution in [0.1, 0.15) is 38.7 Å². The van der Waals surface area contributed by atoms with Gasteiger partial charge in [-0.1, -0.05) is 39.7 Å². The zero-order valence-corrected chi connectivity index (χ0v) is 18.8. The van der Waals surface area contributed by atoms with E-state index in [4.69, 9.17) is 11.6 Å². The van der Waals surface area contributed by atoms with Crippen LogP contribution in [0.5, 0.6) is 0 Å². The molecule has 0 unspecified atom stereocenters. The number of nitrogens with one attached hydrogen (secondary N) is 1. The number of hydrogen-bond acceptors (Lipinski definition) is 4. The molecule has 0 saturated heterocycles. The summed E-state index contributed by atoms with van der Waals surface area (Å²) in [6.07, 6.45) is 0.173. The molecule has 3 rings (SSSR count). The molecule has 0 aromatic heterocycles. The van der Waals surface area contributed by atoms with Crippen molar-refractivity contribution >= 4 is 44.8 Å². The van der Waals surface area contributed by atoms with Crippen molar-refractivity contribution in [3.8, 4) is 0 Å². The number of ketones is 2. The Morgan fingerprint density at radius 3 is 2.21 bits per heavy atom. The third-order valence-corrected chi connectivity index (χ3v) is 6.14. The monoisotopic (exact) mass is 475 g/mol.